The number of fused-ring (bicyclic) bond motifs is 9. The van der Waals surface area contributed by atoms with Gasteiger partial charge in [-0.3, -0.25) is 24.9 Å². The molecule has 0 N–H and O–H groups in total. The number of allylic oxidation sites excluding steroid dienone is 5. The van der Waals surface area contributed by atoms with E-state index in [4.69, 9.17) is 29.3 Å². The zero-order valence-corrected chi connectivity index (χ0v) is 35.9. The van der Waals surface area contributed by atoms with Gasteiger partial charge in [-0.2, -0.15) is 0 Å². The molecule has 0 spiro atoms. The van der Waals surface area contributed by atoms with E-state index < -0.39 is 0 Å². The van der Waals surface area contributed by atoms with Crippen LogP contribution in [-0.4, -0.2) is 35.3 Å². The van der Waals surface area contributed by atoms with Crippen molar-refractivity contribution in [1.82, 2.24) is 29.1 Å². The van der Waals surface area contributed by atoms with E-state index in [2.05, 4.69) is 156 Å². The van der Waals surface area contributed by atoms with Crippen LogP contribution in [0.25, 0.3) is 99.8 Å². The number of furan rings is 1. The lowest BCUT2D eigenvalue weighted by molar-refractivity contribution is 0.603. The molecule has 1 aliphatic heterocycles. The highest BCUT2D eigenvalue weighted by atomic mass is 16.3. The minimum absolute atomic E-state index is 0.298. The van der Waals surface area contributed by atoms with E-state index in [0.29, 0.717) is 17.1 Å². The molecule has 0 bridgehead atoms. The number of nitrogens with zero attached hydrogens (tertiary/aromatic N) is 7. The first-order chi connectivity index (χ1) is 32.0. The third-order valence-electron chi connectivity index (χ3n) is 13.5. The lowest BCUT2D eigenvalue weighted by Crippen LogP contribution is -2.20. The second-order valence-electron chi connectivity index (χ2n) is 17.6. The summed E-state index contributed by atoms with van der Waals surface area (Å²) in [7, 11) is 0. The van der Waals surface area contributed by atoms with Gasteiger partial charge in [0.1, 0.15) is 11.0 Å². The molecular weight excluding hydrogens is 799 g/mol. The van der Waals surface area contributed by atoms with Gasteiger partial charge in [-0.15, -0.1) is 0 Å². The van der Waals surface area contributed by atoms with Crippen LogP contribution in [-0.2, 0) is 5.41 Å². The number of aliphatic imine (C=N–C) groups is 1. The Morgan fingerprint density at radius 3 is 2.11 bits per heavy atom. The summed E-state index contributed by atoms with van der Waals surface area (Å²) in [6.45, 7) is 4.56. The summed E-state index contributed by atoms with van der Waals surface area (Å²) < 4.78 is 11.6. The molecule has 0 saturated carbocycles. The first-order valence-electron chi connectivity index (χ1n) is 22.3. The number of pyridine rings is 4. The van der Waals surface area contributed by atoms with Crippen LogP contribution >= 0.6 is 0 Å². The van der Waals surface area contributed by atoms with Crippen LogP contribution in [0.1, 0.15) is 43.4 Å². The zero-order valence-electron chi connectivity index (χ0n) is 35.9. The predicted octanol–water partition coefficient (Wildman–Crippen LogP) is 13.8. The van der Waals surface area contributed by atoms with E-state index in [-0.39, 0.29) is 5.41 Å². The third-order valence-corrected chi connectivity index (χ3v) is 13.5. The van der Waals surface area contributed by atoms with E-state index in [9.17, 15) is 0 Å². The second-order valence-corrected chi connectivity index (χ2v) is 17.6. The van der Waals surface area contributed by atoms with Gasteiger partial charge in [0.15, 0.2) is 11.2 Å². The van der Waals surface area contributed by atoms with Crippen LogP contribution in [0.15, 0.2) is 186 Å². The van der Waals surface area contributed by atoms with Crippen molar-refractivity contribution >= 4 is 83.6 Å². The maximum absolute atomic E-state index is 7.03. The first-order valence-corrected chi connectivity index (χ1v) is 22.3. The van der Waals surface area contributed by atoms with Gasteiger partial charge in [-0.05, 0) is 114 Å². The van der Waals surface area contributed by atoms with Crippen LogP contribution in [0.5, 0.6) is 0 Å². The fraction of sp³-hybridized carbons (Fsp3) is 0.105. The van der Waals surface area contributed by atoms with Crippen LogP contribution in [0.4, 0.5) is 0 Å². The Kier molecular flexibility index (Phi) is 8.27. The lowest BCUT2D eigenvalue weighted by Gasteiger charge is -2.29. The first kappa shape index (κ1) is 37.3. The topological polar surface area (TPSA) is 86.9 Å². The van der Waals surface area contributed by atoms with E-state index in [1.54, 1.807) is 0 Å². The molecule has 0 fully saturated rings. The summed E-state index contributed by atoms with van der Waals surface area (Å²) in [4.78, 5) is 24.5. The molecule has 7 aromatic heterocycles. The molecule has 8 heteroatoms. The number of para-hydroxylation sites is 1. The third kappa shape index (κ3) is 5.80. The average Bonchev–Trinajstić information content (AvgIpc) is 4.02. The number of benzene rings is 4. The summed E-state index contributed by atoms with van der Waals surface area (Å²) in [5.74, 6) is 0.443. The van der Waals surface area contributed by atoms with Gasteiger partial charge in [0.05, 0.1) is 44.5 Å². The van der Waals surface area contributed by atoms with E-state index in [1.807, 2.05) is 49.2 Å². The van der Waals surface area contributed by atoms with Crippen LogP contribution in [0, 0.1) is 5.92 Å². The summed E-state index contributed by atoms with van der Waals surface area (Å²) >= 11 is 0. The van der Waals surface area contributed by atoms with Crippen LogP contribution in [0.3, 0.4) is 0 Å². The van der Waals surface area contributed by atoms with E-state index in [1.165, 1.54) is 5.56 Å². The van der Waals surface area contributed by atoms with Gasteiger partial charge >= 0.3 is 0 Å². The fourth-order valence-electron chi connectivity index (χ4n) is 10.3. The molecule has 0 saturated heterocycles. The molecule has 0 amide bonds. The maximum atomic E-state index is 7.03. The lowest BCUT2D eigenvalue weighted by atomic mass is 9.74. The Morgan fingerprint density at radius 2 is 1.29 bits per heavy atom. The molecule has 0 radical (unpaired) electrons. The largest absolute Gasteiger partial charge is 0.450 e. The molecular formula is C57H41N7O. The van der Waals surface area contributed by atoms with Crippen molar-refractivity contribution < 1.29 is 4.42 Å². The average molecular weight is 840 g/mol. The minimum Gasteiger partial charge on any atom is -0.450 e. The minimum atomic E-state index is -0.298. The van der Waals surface area contributed by atoms with Gasteiger partial charge < -0.3 is 13.6 Å². The maximum Gasteiger partial charge on any atom is 0.179 e. The SMILES string of the molecule is CC1C=C(c2ccccc2-c2ccc3c(c2)c2ncccc2n3-c2ccnc3c2oc2c(C4=CC(C)(c5ccc6c(c5)c5ncccc5n6-c5ccccc5)CC=C4)ccnc23)N=CC1. The smallest absolute Gasteiger partial charge is 0.179 e. The highest BCUT2D eigenvalue weighted by Crippen LogP contribution is 2.44. The summed E-state index contributed by atoms with van der Waals surface area (Å²) in [6, 6.07) is 45.0. The summed E-state index contributed by atoms with van der Waals surface area (Å²) in [5.41, 5.74) is 18.4. The summed E-state index contributed by atoms with van der Waals surface area (Å²) in [5, 5.41) is 2.19. The zero-order chi connectivity index (χ0) is 43.2. The molecule has 2 atom stereocenters. The van der Waals surface area contributed by atoms with Crippen molar-refractivity contribution in [1.29, 1.82) is 0 Å². The Balaban J connectivity index is 0.935. The Labute approximate surface area is 374 Å². The van der Waals surface area contributed by atoms with Crippen LogP contribution in [0.2, 0.25) is 0 Å². The van der Waals surface area contributed by atoms with Crippen LogP contribution < -0.4 is 0 Å². The number of rotatable bonds is 6. The van der Waals surface area contributed by atoms with Gasteiger partial charge in [-0.1, -0.05) is 92.7 Å². The monoisotopic (exact) mass is 839 g/mol. The quantitative estimate of drug-likeness (QED) is 0.166. The molecule has 2 aliphatic rings. The van der Waals surface area contributed by atoms with Crippen molar-refractivity contribution in [3.63, 3.8) is 0 Å². The van der Waals surface area contributed by atoms with Gasteiger partial charge in [0, 0.05) is 64.0 Å². The van der Waals surface area contributed by atoms with Gasteiger partial charge in [-0.25, -0.2) is 0 Å². The molecule has 65 heavy (non-hydrogen) atoms. The second kappa shape index (κ2) is 14.4. The number of aromatic nitrogens is 6. The Morgan fingerprint density at radius 1 is 0.600 bits per heavy atom. The highest BCUT2D eigenvalue weighted by molar-refractivity contribution is 6.12. The molecule has 8 heterocycles. The Bertz CT molecular complexity index is 3880. The fourth-order valence-corrected chi connectivity index (χ4v) is 10.3. The standard InChI is InChI=1S/C57H41N7O/c1-35-22-28-58-45(31-35)42-15-7-6-14-40(42)36-18-20-47-43(32-36)51-49(17-10-27-59-51)64(47)50-24-30-62-54-53-55(65-56(50)54)41(23-29-61-53)37-11-8-25-57(2,34-37)38-19-21-46-44(33-38)52-48(16-9-26-60-52)63(46)39-12-4-3-5-13-39/h3-21,23-24,26-35H,22,25H2,1-2H3. The van der Waals surface area contributed by atoms with Gasteiger partial charge in [0.25, 0.3) is 0 Å². The van der Waals surface area contributed by atoms with Crippen molar-refractivity contribution in [3.05, 3.63) is 193 Å². The molecule has 13 rings (SSSR count). The molecule has 1 aliphatic carbocycles. The Hall–Kier alpha value is -8.23. The molecule has 4 aromatic carbocycles. The molecule has 310 valence electrons. The number of hydrogen-bond donors (Lipinski definition) is 0. The van der Waals surface area contributed by atoms with Crippen molar-refractivity contribution in [2.45, 2.75) is 32.1 Å². The number of hydrogen-bond acceptors (Lipinski definition) is 6. The summed E-state index contributed by atoms with van der Waals surface area (Å²) in [6.07, 6.45) is 20.5. The molecule has 11 aromatic rings. The van der Waals surface area contributed by atoms with Crippen molar-refractivity contribution in [2.75, 3.05) is 0 Å². The van der Waals surface area contributed by atoms with Gasteiger partial charge in [0.2, 0.25) is 0 Å². The normalized spacial score (nSPS) is 17.5. The highest BCUT2D eigenvalue weighted by Gasteiger charge is 2.29. The molecule has 8 nitrogen and oxygen atoms in total. The van der Waals surface area contributed by atoms with Crippen molar-refractivity contribution in [3.8, 4) is 22.5 Å². The predicted molar refractivity (Wildman–Crippen MR) is 265 cm³/mol. The molecule has 2 unspecified atom stereocenters. The van der Waals surface area contributed by atoms with E-state index in [0.717, 1.165) is 113 Å². The van der Waals surface area contributed by atoms with E-state index >= 15 is 0 Å². The van der Waals surface area contributed by atoms with Crippen molar-refractivity contribution in [2.24, 2.45) is 10.9 Å².